The van der Waals surface area contributed by atoms with Gasteiger partial charge in [0.25, 0.3) is 0 Å². The normalized spacial score (nSPS) is 14.3. The fourth-order valence-electron chi connectivity index (χ4n) is 3.89. The Hall–Kier alpha value is -1.94. The van der Waals surface area contributed by atoms with Gasteiger partial charge in [-0.05, 0) is 38.8 Å². The molecule has 3 heteroatoms. The second kappa shape index (κ2) is 10.0. The number of allylic oxidation sites excluding steroid dienone is 2. The first kappa shape index (κ1) is 22.3. The number of aliphatic hydroxyl groups excluding tert-OH is 1. The Balaban J connectivity index is 2.46. The molecule has 0 saturated heterocycles. The van der Waals surface area contributed by atoms with Crippen molar-refractivity contribution in [3.05, 3.63) is 86.0 Å². The molecule has 0 aliphatic rings. The van der Waals surface area contributed by atoms with Crippen LogP contribution >= 0.6 is 0 Å². The molecule has 0 spiro atoms. The van der Waals surface area contributed by atoms with Crippen molar-refractivity contribution in [3.63, 3.8) is 0 Å². The molecular formula is C25H34O2Si. The third-order valence-corrected chi connectivity index (χ3v) is 10.6. The SMILES string of the molecule is C=CC[Si](c1ccccc1)(c1ccccc1)[C@@H](C=C)C[C@@H](O)COC(C)(C)C. The van der Waals surface area contributed by atoms with Crippen molar-refractivity contribution in [2.24, 2.45) is 0 Å². The lowest BCUT2D eigenvalue weighted by molar-refractivity contribution is -0.0502. The van der Waals surface area contributed by atoms with E-state index in [1.165, 1.54) is 10.4 Å². The first-order valence-corrected chi connectivity index (χ1v) is 12.3. The van der Waals surface area contributed by atoms with E-state index in [0.717, 1.165) is 6.04 Å². The van der Waals surface area contributed by atoms with Crippen LogP contribution in [0.1, 0.15) is 27.2 Å². The van der Waals surface area contributed by atoms with E-state index in [4.69, 9.17) is 4.74 Å². The van der Waals surface area contributed by atoms with Gasteiger partial charge in [-0.25, -0.2) is 0 Å². The molecule has 2 atom stereocenters. The fraction of sp³-hybridized carbons (Fsp3) is 0.360. The van der Waals surface area contributed by atoms with Gasteiger partial charge in [-0.1, -0.05) is 83.2 Å². The summed E-state index contributed by atoms with van der Waals surface area (Å²) in [5, 5.41) is 13.4. The number of rotatable bonds is 10. The minimum atomic E-state index is -2.27. The summed E-state index contributed by atoms with van der Waals surface area (Å²) < 4.78 is 5.83. The van der Waals surface area contributed by atoms with Gasteiger partial charge in [0.2, 0.25) is 0 Å². The van der Waals surface area contributed by atoms with Crippen molar-refractivity contribution in [1.29, 1.82) is 0 Å². The molecule has 2 aromatic carbocycles. The second-order valence-electron chi connectivity index (χ2n) is 8.35. The fourth-order valence-corrected chi connectivity index (χ4v) is 8.96. The van der Waals surface area contributed by atoms with Crippen LogP contribution in [0.2, 0.25) is 11.6 Å². The minimum absolute atomic E-state index is 0.161. The Morgan fingerprint density at radius 2 is 1.46 bits per heavy atom. The predicted molar refractivity (Wildman–Crippen MR) is 123 cm³/mol. The van der Waals surface area contributed by atoms with Crippen molar-refractivity contribution < 1.29 is 9.84 Å². The molecule has 0 bridgehead atoms. The Morgan fingerprint density at radius 1 is 0.964 bits per heavy atom. The number of hydrogen-bond donors (Lipinski definition) is 1. The Kier molecular flexibility index (Phi) is 7.99. The van der Waals surface area contributed by atoms with Gasteiger partial charge in [-0.2, -0.15) is 0 Å². The van der Waals surface area contributed by atoms with Crippen LogP contribution in [-0.2, 0) is 4.74 Å². The van der Waals surface area contributed by atoms with Crippen LogP contribution < -0.4 is 10.4 Å². The lowest BCUT2D eigenvalue weighted by atomic mass is 10.1. The number of benzene rings is 2. The predicted octanol–water partition coefficient (Wildman–Crippen LogP) is 4.56. The Morgan fingerprint density at radius 3 is 1.86 bits per heavy atom. The monoisotopic (exact) mass is 394 g/mol. The highest BCUT2D eigenvalue weighted by molar-refractivity contribution is 7.03. The van der Waals surface area contributed by atoms with E-state index in [-0.39, 0.29) is 11.1 Å². The molecule has 0 heterocycles. The van der Waals surface area contributed by atoms with Crippen LogP contribution in [0.5, 0.6) is 0 Å². The van der Waals surface area contributed by atoms with Gasteiger partial charge >= 0.3 is 0 Å². The van der Waals surface area contributed by atoms with Gasteiger partial charge in [0.15, 0.2) is 0 Å². The lowest BCUT2D eigenvalue weighted by Crippen LogP contribution is -2.61. The summed E-state index contributed by atoms with van der Waals surface area (Å²) in [6.45, 7) is 14.6. The minimum Gasteiger partial charge on any atom is -0.391 e. The van der Waals surface area contributed by atoms with Crippen molar-refractivity contribution in [3.8, 4) is 0 Å². The summed E-state index contributed by atoms with van der Waals surface area (Å²) in [6, 6.07) is 22.3. The van der Waals surface area contributed by atoms with Gasteiger partial charge < -0.3 is 9.84 Å². The number of ether oxygens (including phenoxy) is 1. The Bertz CT molecular complexity index is 695. The summed E-state index contributed by atoms with van der Waals surface area (Å²) in [6.07, 6.45) is 4.16. The maximum absolute atomic E-state index is 10.8. The van der Waals surface area contributed by atoms with E-state index in [9.17, 15) is 5.11 Å². The van der Waals surface area contributed by atoms with E-state index in [2.05, 4.69) is 73.8 Å². The van der Waals surface area contributed by atoms with Crippen LogP contribution in [-0.4, -0.2) is 31.5 Å². The van der Waals surface area contributed by atoms with Gasteiger partial charge in [0.1, 0.15) is 8.07 Å². The van der Waals surface area contributed by atoms with E-state index in [1.54, 1.807) is 0 Å². The molecule has 0 radical (unpaired) electrons. The van der Waals surface area contributed by atoms with Crippen LogP contribution in [0.15, 0.2) is 86.0 Å². The summed E-state index contributed by atoms with van der Waals surface area (Å²) in [5.41, 5.74) is -0.104. The van der Waals surface area contributed by atoms with Gasteiger partial charge in [-0.15, -0.1) is 13.2 Å². The quantitative estimate of drug-likeness (QED) is 0.473. The van der Waals surface area contributed by atoms with Crippen LogP contribution in [0.3, 0.4) is 0 Å². The van der Waals surface area contributed by atoms with E-state index < -0.39 is 14.2 Å². The number of hydrogen-bond acceptors (Lipinski definition) is 2. The zero-order valence-corrected chi connectivity index (χ0v) is 18.5. The molecule has 0 fully saturated rings. The highest BCUT2D eigenvalue weighted by atomic mass is 28.3. The van der Waals surface area contributed by atoms with Gasteiger partial charge in [0, 0.05) is 0 Å². The Labute approximate surface area is 171 Å². The molecular weight excluding hydrogens is 360 g/mol. The molecule has 150 valence electrons. The highest BCUT2D eigenvalue weighted by Crippen LogP contribution is 2.32. The van der Waals surface area contributed by atoms with Crippen molar-refractivity contribution in [2.75, 3.05) is 6.61 Å². The van der Waals surface area contributed by atoms with E-state index >= 15 is 0 Å². The van der Waals surface area contributed by atoms with Crippen LogP contribution in [0.4, 0.5) is 0 Å². The van der Waals surface area contributed by atoms with Crippen molar-refractivity contribution in [2.45, 2.75) is 50.5 Å². The molecule has 0 saturated carbocycles. The lowest BCUT2D eigenvalue weighted by Gasteiger charge is -2.39. The van der Waals surface area contributed by atoms with Crippen LogP contribution in [0, 0.1) is 0 Å². The third-order valence-electron chi connectivity index (χ3n) is 5.20. The van der Waals surface area contributed by atoms with Crippen molar-refractivity contribution >= 4 is 18.4 Å². The topological polar surface area (TPSA) is 29.5 Å². The van der Waals surface area contributed by atoms with Gasteiger partial charge in [0.05, 0.1) is 18.3 Å². The van der Waals surface area contributed by atoms with Crippen molar-refractivity contribution in [1.82, 2.24) is 0 Å². The van der Waals surface area contributed by atoms with Crippen LogP contribution in [0.25, 0.3) is 0 Å². The molecule has 2 aromatic rings. The molecule has 0 aliphatic carbocycles. The molecule has 0 aromatic heterocycles. The first-order valence-electron chi connectivity index (χ1n) is 10.00. The van der Waals surface area contributed by atoms with E-state index in [0.29, 0.717) is 13.0 Å². The summed E-state index contributed by atoms with van der Waals surface area (Å²) >= 11 is 0. The second-order valence-corrected chi connectivity index (χ2v) is 12.6. The third kappa shape index (κ3) is 5.54. The smallest absolute Gasteiger partial charge is 0.128 e. The molecule has 2 nitrogen and oxygen atoms in total. The zero-order valence-electron chi connectivity index (χ0n) is 17.5. The highest BCUT2D eigenvalue weighted by Gasteiger charge is 2.42. The molecule has 0 aliphatic heterocycles. The molecule has 2 rings (SSSR count). The summed E-state index contributed by atoms with van der Waals surface area (Å²) in [4.78, 5) is 0. The standard InChI is InChI=1S/C25H34O2Si/c1-6-18-28(23-14-10-8-11-15-23,24-16-12-9-13-17-24)22(7-2)19-21(26)20-27-25(3,4)5/h6-17,21-22,26H,1-2,18-20H2,3-5H3/t21-,22+/m1/s1. The zero-order chi connectivity index (χ0) is 20.6. The molecule has 1 N–H and O–H groups in total. The maximum atomic E-state index is 10.8. The molecule has 0 unspecified atom stereocenters. The van der Waals surface area contributed by atoms with E-state index in [1.807, 2.05) is 32.9 Å². The number of aliphatic hydroxyl groups is 1. The molecule has 28 heavy (non-hydrogen) atoms. The average molecular weight is 395 g/mol. The first-order chi connectivity index (χ1) is 13.3. The van der Waals surface area contributed by atoms with Gasteiger partial charge in [-0.3, -0.25) is 0 Å². The summed E-state index contributed by atoms with van der Waals surface area (Å²) in [5.74, 6) is 0. The largest absolute Gasteiger partial charge is 0.391 e. The maximum Gasteiger partial charge on any atom is 0.128 e. The average Bonchev–Trinajstić information content (AvgIpc) is 2.70. The molecule has 0 amide bonds. The summed E-state index contributed by atoms with van der Waals surface area (Å²) in [7, 11) is -2.27.